The van der Waals surface area contributed by atoms with Crippen molar-refractivity contribution in [2.24, 2.45) is 11.7 Å². The fraction of sp³-hybridized carbons (Fsp3) is 1.00. The minimum atomic E-state index is 0.873. The molecule has 0 aromatic carbocycles. The van der Waals surface area contributed by atoms with Crippen molar-refractivity contribution in [3.63, 3.8) is 0 Å². The van der Waals surface area contributed by atoms with E-state index in [0.29, 0.717) is 0 Å². The lowest BCUT2D eigenvalue weighted by Gasteiger charge is -2.28. The molecule has 0 radical (unpaired) electrons. The summed E-state index contributed by atoms with van der Waals surface area (Å²) < 4.78 is 0. The van der Waals surface area contributed by atoms with Crippen LogP contribution in [0.2, 0.25) is 0 Å². The summed E-state index contributed by atoms with van der Waals surface area (Å²) in [6.07, 6.45) is 8.34. The van der Waals surface area contributed by atoms with Gasteiger partial charge in [-0.2, -0.15) is 11.8 Å². The van der Waals surface area contributed by atoms with E-state index < -0.39 is 0 Å². The molecule has 1 nitrogen and oxygen atoms in total. The van der Waals surface area contributed by atoms with Crippen LogP contribution >= 0.6 is 11.8 Å². The molecule has 0 saturated carbocycles. The molecule has 2 atom stereocenters. The van der Waals surface area contributed by atoms with Gasteiger partial charge in [0.1, 0.15) is 0 Å². The summed E-state index contributed by atoms with van der Waals surface area (Å²) in [5, 5.41) is 0.876. The largest absolute Gasteiger partial charge is 0.330 e. The molecule has 1 aliphatic rings. The van der Waals surface area contributed by atoms with Crippen LogP contribution in [0.1, 0.15) is 45.4 Å². The molecule has 78 valence electrons. The molecule has 2 N–H and O–H groups in total. The molecule has 2 unspecified atom stereocenters. The minimum Gasteiger partial charge on any atom is -0.330 e. The maximum Gasteiger partial charge on any atom is 0.00616 e. The Labute approximate surface area is 86.8 Å². The van der Waals surface area contributed by atoms with E-state index in [1.807, 2.05) is 0 Å². The minimum absolute atomic E-state index is 0.873. The summed E-state index contributed by atoms with van der Waals surface area (Å²) >= 11 is 2.14. The van der Waals surface area contributed by atoms with Gasteiger partial charge >= 0.3 is 0 Å². The van der Waals surface area contributed by atoms with E-state index in [-0.39, 0.29) is 0 Å². The van der Waals surface area contributed by atoms with Crippen LogP contribution in [0.15, 0.2) is 0 Å². The zero-order chi connectivity index (χ0) is 9.52. The monoisotopic (exact) mass is 201 g/mol. The van der Waals surface area contributed by atoms with Crippen molar-refractivity contribution in [3.05, 3.63) is 0 Å². The van der Waals surface area contributed by atoms with E-state index in [4.69, 9.17) is 5.73 Å². The third kappa shape index (κ3) is 4.37. The molecule has 0 aromatic rings. The summed E-state index contributed by atoms with van der Waals surface area (Å²) in [7, 11) is 0. The third-order valence-corrected chi connectivity index (χ3v) is 4.30. The van der Waals surface area contributed by atoms with Crippen molar-refractivity contribution in [1.29, 1.82) is 0 Å². The molecule has 13 heavy (non-hydrogen) atoms. The second kappa shape index (κ2) is 6.72. The Balaban J connectivity index is 2.16. The molecule has 1 saturated heterocycles. The van der Waals surface area contributed by atoms with Gasteiger partial charge < -0.3 is 5.73 Å². The van der Waals surface area contributed by atoms with Gasteiger partial charge in [0, 0.05) is 5.25 Å². The molecule has 1 rings (SSSR count). The lowest BCUT2D eigenvalue weighted by atomic mass is 9.93. The molecular formula is C11H23NS. The van der Waals surface area contributed by atoms with Gasteiger partial charge in [-0.3, -0.25) is 0 Å². The van der Waals surface area contributed by atoms with E-state index in [1.54, 1.807) is 0 Å². The van der Waals surface area contributed by atoms with Gasteiger partial charge in [0.05, 0.1) is 0 Å². The Morgan fingerprint density at radius 2 is 2.23 bits per heavy atom. The van der Waals surface area contributed by atoms with Crippen LogP contribution in [0.4, 0.5) is 0 Å². The Morgan fingerprint density at radius 1 is 1.38 bits per heavy atom. The molecule has 0 aromatic heterocycles. The molecule has 1 aliphatic heterocycles. The summed E-state index contributed by atoms with van der Waals surface area (Å²) in [6.45, 7) is 3.16. The quantitative estimate of drug-likeness (QED) is 0.740. The average Bonchev–Trinajstić information content (AvgIpc) is 2.16. The van der Waals surface area contributed by atoms with Crippen molar-refractivity contribution >= 4 is 11.8 Å². The molecular weight excluding hydrogens is 178 g/mol. The zero-order valence-corrected chi connectivity index (χ0v) is 9.61. The van der Waals surface area contributed by atoms with Crippen LogP contribution in [-0.4, -0.2) is 17.5 Å². The number of hydrogen-bond acceptors (Lipinski definition) is 2. The summed E-state index contributed by atoms with van der Waals surface area (Å²) in [5.41, 5.74) is 5.59. The van der Waals surface area contributed by atoms with Gasteiger partial charge in [0.2, 0.25) is 0 Å². The maximum atomic E-state index is 5.59. The van der Waals surface area contributed by atoms with Crippen LogP contribution in [0.5, 0.6) is 0 Å². The predicted molar refractivity (Wildman–Crippen MR) is 62.2 cm³/mol. The number of unbranched alkanes of at least 4 members (excludes halogenated alkanes) is 1. The highest BCUT2D eigenvalue weighted by Gasteiger charge is 2.20. The van der Waals surface area contributed by atoms with Crippen LogP contribution < -0.4 is 5.73 Å². The summed E-state index contributed by atoms with van der Waals surface area (Å²) in [4.78, 5) is 0. The number of thioether (sulfide) groups is 1. The third-order valence-electron chi connectivity index (χ3n) is 2.93. The van der Waals surface area contributed by atoms with E-state index >= 15 is 0 Å². The van der Waals surface area contributed by atoms with Crippen LogP contribution in [0.3, 0.4) is 0 Å². The van der Waals surface area contributed by atoms with Crippen LogP contribution in [0.25, 0.3) is 0 Å². The first-order chi connectivity index (χ1) is 6.36. The predicted octanol–water partition coefficient (Wildman–Crippen LogP) is 3.04. The Kier molecular flexibility index (Phi) is 5.88. The smallest absolute Gasteiger partial charge is 0.00616 e. The number of hydrogen-bond donors (Lipinski definition) is 1. The molecule has 0 spiro atoms. The van der Waals surface area contributed by atoms with Crippen molar-refractivity contribution in [2.75, 3.05) is 12.3 Å². The van der Waals surface area contributed by atoms with E-state index in [0.717, 1.165) is 17.7 Å². The highest BCUT2D eigenvalue weighted by Crippen LogP contribution is 2.33. The second-order valence-corrected chi connectivity index (χ2v) is 5.51. The van der Waals surface area contributed by atoms with Gasteiger partial charge in [-0.15, -0.1) is 0 Å². The van der Waals surface area contributed by atoms with Gasteiger partial charge in [-0.1, -0.05) is 26.2 Å². The summed E-state index contributed by atoms with van der Waals surface area (Å²) in [5.74, 6) is 2.39. The normalized spacial score (nSPS) is 29.1. The molecule has 2 heteroatoms. The topological polar surface area (TPSA) is 26.0 Å². The fourth-order valence-corrected chi connectivity index (χ4v) is 3.61. The first-order valence-corrected chi connectivity index (χ1v) is 6.73. The van der Waals surface area contributed by atoms with Crippen molar-refractivity contribution in [2.45, 2.75) is 50.7 Å². The van der Waals surface area contributed by atoms with Crippen LogP contribution in [-0.2, 0) is 0 Å². The Morgan fingerprint density at radius 3 is 2.92 bits per heavy atom. The summed E-state index contributed by atoms with van der Waals surface area (Å²) in [6, 6.07) is 0. The van der Waals surface area contributed by atoms with E-state index in [1.165, 1.54) is 44.3 Å². The van der Waals surface area contributed by atoms with Crippen molar-refractivity contribution in [1.82, 2.24) is 0 Å². The fourth-order valence-electron chi connectivity index (χ4n) is 2.10. The average molecular weight is 201 g/mol. The van der Waals surface area contributed by atoms with Gasteiger partial charge in [-0.25, -0.2) is 0 Å². The molecule has 0 aliphatic carbocycles. The standard InChI is InChI=1S/C11H23NS/c1-2-3-4-10-6-8-13-11(9-10)5-7-12/h10-11H,2-9,12H2,1H3. The number of nitrogens with two attached hydrogens (primary N) is 1. The van der Waals surface area contributed by atoms with Crippen molar-refractivity contribution in [3.8, 4) is 0 Å². The van der Waals surface area contributed by atoms with Gasteiger partial charge in [-0.05, 0) is 37.5 Å². The zero-order valence-electron chi connectivity index (χ0n) is 8.80. The molecule has 1 heterocycles. The van der Waals surface area contributed by atoms with E-state index in [2.05, 4.69) is 18.7 Å². The number of rotatable bonds is 5. The van der Waals surface area contributed by atoms with Gasteiger partial charge in [0.15, 0.2) is 0 Å². The lowest BCUT2D eigenvalue weighted by molar-refractivity contribution is 0.403. The Hall–Kier alpha value is 0.310. The van der Waals surface area contributed by atoms with Crippen LogP contribution in [0, 0.1) is 5.92 Å². The van der Waals surface area contributed by atoms with Crippen molar-refractivity contribution < 1.29 is 0 Å². The lowest BCUT2D eigenvalue weighted by Crippen LogP contribution is -2.21. The SMILES string of the molecule is CCCCC1CCSC(CCN)C1. The highest BCUT2D eigenvalue weighted by atomic mass is 32.2. The molecule has 0 bridgehead atoms. The molecule has 0 amide bonds. The first kappa shape index (κ1) is 11.4. The maximum absolute atomic E-state index is 5.59. The first-order valence-electron chi connectivity index (χ1n) is 5.68. The molecule has 1 fully saturated rings. The second-order valence-electron chi connectivity index (χ2n) is 4.10. The van der Waals surface area contributed by atoms with Gasteiger partial charge in [0.25, 0.3) is 0 Å². The van der Waals surface area contributed by atoms with E-state index in [9.17, 15) is 0 Å². The Bertz CT molecular complexity index is 125. The highest BCUT2D eigenvalue weighted by molar-refractivity contribution is 7.99.